The van der Waals surface area contributed by atoms with Crippen LogP contribution in [0.3, 0.4) is 0 Å². The third kappa shape index (κ3) is 22.3. The molecule has 32 heteroatoms. The summed E-state index contributed by atoms with van der Waals surface area (Å²) in [5.41, 5.74) is 29.4. The van der Waals surface area contributed by atoms with Crippen molar-refractivity contribution in [3.05, 3.63) is 159 Å². The Bertz CT molecular complexity index is 4960. The van der Waals surface area contributed by atoms with Crippen molar-refractivity contribution in [1.82, 2.24) is 60.7 Å². The van der Waals surface area contributed by atoms with Gasteiger partial charge >= 0.3 is 5.97 Å². The number of carboxylic acid groups (broad SMARTS) is 1. The lowest BCUT2D eigenvalue weighted by Crippen LogP contribution is -2.41. The number of amides is 3. The molecule has 8 aromatic rings. The number of rotatable bonds is 42. The first-order valence-electron chi connectivity index (χ1n) is 36.4. The van der Waals surface area contributed by atoms with E-state index in [0.717, 1.165) is 93.7 Å². The first kappa shape index (κ1) is 80.5. The third-order valence-corrected chi connectivity index (χ3v) is 18.6. The molecule has 5 heterocycles. The first-order valence-corrected chi connectivity index (χ1v) is 36.4. The largest absolute Gasteiger partial charge is 0.505 e. The second-order valence-corrected chi connectivity index (χ2v) is 26.9. The average Bonchev–Trinajstić information content (AvgIpc) is 0.742. The monoisotopic (exact) mass is 1510 g/mol. The number of aromatic nitrogens is 8. The minimum Gasteiger partial charge on any atom is -0.505 e. The molecule has 578 valence electrons. The molecular weight excluding hydrogens is 1420 g/mol. The van der Waals surface area contributed by atoms with Crippen molar-refractivity contribution in [2.24, 2.45) is 0 Å². The van der Waals surface area contributed by atoms with Gasteiger partial charge in [0.2, 0.25) is 17.3 Å². The molecule has 30 nitrogen and oxygen atoms in total. The number of anilines is 6. The van der Waals surface area contributed by atoms with E-state index in [9.17, 15) is 52.6 Å². The highest BCUT2D eigenvalue weighted by Gasteiger charge is 2.25. The quantitative estimate of drug-likeness (QED) is 0.0127. The summed E-state index contributed by atoms with van der Waals surface area (Å²) < 4.78 is 47.0. The molecule has 110 heavy (non-hydrogen) atoms. The Morgan fingerprint density at radius 2 is 1.08 bits per heavy atom. The number of nitrogen functional groups attached to an aromatic ring is 4. The summed E-state index contributed by atoms with van der Waals surface area (Å²) in [4.78, 5) is 130. The summed E-state index contributed by atoms with van der Waals surface area (Å²) in [6, 6.07) is 21.5. The summed E-state index contributed by atoms with van der Waals surface area (Å²) in [7, 11) is 3.72. The number of ketones is 2. The number of nitrogens with zero attached hydrogens (tertiary/aromatic N) is 11. The molecule has 4 aromatic carbocycles. The van der Waals surface area contributed by atoms with Crippen molar-refractivity contribution >= 4 is 103 Å². The van der Waals surface area contributed by atoms with Crippen LogP contribution in [0, 0.1) is 18.6 Å². The third-order valence-electron chi connectivity index (χ3n) is 18.6. The number of phenolic OH excluding ortho intramolecular Hbond substituents is 1. The number of fused-ring (bicyclic) bond motifs is 4. The van der Waals surface area contributed by atoms with E-state index in [1.54, 1.807) is 73.9 Å². The molecule has 4 aromatic heterocycles. The Hall–Kier alpha value is -12.0. The van der Waals surface area contributed by atoms with Crippen molar-refractivity contribution in [3.8, 4) is 28.2 Å². The number of hydrogen-bond acceptors (Lipinski definition) is 26. The van der Waals surface area contributed by atoms with Gasteiger partial charge in [-0.25, -0.2) is 33.5 Å². The van der Waals surface area contributed by atoms with E-state index in [1.165, 1.54) is 0 Å². The van der Waals surface area contributed by atoms with Crippen LogP contribution in [0.25, 0.3) is 55.7 Å². The molecule has 0 saturated carbocycles. The van der Waals surface area contributed by atoms with Gasteiger partial charge in [-0.15, -0.1) is 0 Å². The van der Waals surface area contributed by atoms with Crippen LogP contribution in [0.5, 0.6) is 5.75 Å². The summed E-state index contributed by atoms with van der Waals surface area (Å²) >= 11 is 0. The second kappa shape index (κ2) is 38.7. The molecule has 0 spiro atoms. The van der Waals surface area contributed by atoms with E-state index in [4.69, 9.17) is 36.8 Å². The summed E-state index contributed by atoms with van der Waals surface area (Å²) in [5.74, 6) is -4.70. The predicted octanol–water partition coefficient (Wildman–Crippen LogP) is 8.90. The molecule has 3 amide bonds. The van der Waals surface area contributed by atoms with E-state index in [0.29, 0.717) is 121 Å². The van der Waals surface area contributed by atoms with Gasteiger partial charge in [0, 0.05) is 116 Å². The van der Waals surface area contributed by atoms with Gasteiger partial charge in [-0.2, -0.15) is 19.9 Å². The van der Waals surface area contributed by atoms with Crippen LogP contribution in [-0.4, -0.2) is 170 Å². The SMILES string of the molecule is Cc1cc(C(=O)NCCOCCOCCN(CCCCCCC(=O)CCCNC(=O)c2ccc(N(C)Cc3cnc4nc(N)nc(N)c4n3)cc2)CCCCCCC(=O)CCC(NC(=O)c2ccc(N(C)Cc3cnc4nc(N)nc(N)c4n3)cc2)C(=O)O)ccc1-c1c2cc(F)c(=O)cc-2oc2cc(O)c(F)cc12. The van der Waals surface area contributed by atoms with Gasteiger partial charge in [0.05, 0.1) is 63.3 Å². The topological polar surface area (TPSA) is 445 Å². The number of ether oxygens (including phenoxy) is 2. The number of phenols is 1. The number of benzene rings is 5. The number of aliphatic carboxylic acids is 1. The normalized spacial score (nSPS) is 11.7. The Labute approximate surface area is 632 Å². The maximum atomic E-state index is 14.7. The van der Waals surface area contributed by atoms with Gasteiger partial charge in [0.15, 0.2) is 51.3 Å². The summed E-state index contributed by atoms with van der Waals surface area (Å²) in [5, 5.41) is 28.6. The molecule has 1 atom stereocenters. The lowest BCUT2D eigenvalue weighted by molar-refractivity contribution is -0.139. The number of Topliss-reactive ketones (excluding diaryl/α,β-unsaturated/α-hetero) is 2. The van der Waals surface area contributed by atoms with Crippen LogP contribution in [0.1, 0.15) is 138 Å². The molecule has 13 N–H and O–H groups in total. The lowest BCUT2D eigenvalue weighted by atomic mass is 9.90. The van der Waals surface area contributed by atoms with E-state index in [1.807, 2.05) is 36.0 Å². The van der Waals surface area contributed by atoms with Crippen LogP contribution in [0.4, 0.5) is 43.7 Å². The van der Waals surface area contributed by atoms with E-state index < -0.39 is 40.7 Å². The van der Waals surface area contributed by atoms with Crippen molar-refractivity contribution in [2.75, 3.05) is 106 Å². The van der Waals surface area contributed by atoms with Gasteiger partial charge in [-0.1, -0.05) is 31.7 Å². The zero-order valence-corrected chi connectivity index (χ0v) is 61.5. The fourth-order valence-corrected chi connectivity index (χ4v) is 12.7. The average molecular weight is 1510 g/mol. The van der Waals surface area contributed by atoms with Crippen LogP contribution >= 0.6 is 0 Å². The maximum Gasteiger partial charge on any atom is 0.326 e. The predicted molar refractivity (Wildman–Crippen MR) is 412 cm³/mol. The van der Waals surface area contributed by atoms with Crippen molar-refractivity contribution in [1.29, 1.82) is 0 Å². The standard InChI is InChI=1S/C78H90F2N18O12/c1-46-37-49(20-26-56(46)66-57-38-59(79)62(101)40-64(57)110-65-41-63(102)60(80)39-58(65)66)74(104)86-29-33-108-35-36-109-34-32-98(30-10-6-4-8-13-54(99)15-12-28-85-73(103)47-16-21-52(22-17-47)96(2)44-50-42-87-71-67(89-50)69(81)92-77(83)94-71)31-11-7-5-9-14-55(100)25-27-61(76(106)107)91-75(105)48-18-23-53(24-19-48)97(3)45-51-43-88-72-68(90-51)70(82)93-78(84)95-72/h16-24,26,37-43,61,101H,4-15,25,27-36,44-45H2,1-3H3,(H,85,103)(H,86,104)(H,91,105)(H,106,107)(H4,81,83,87,92,94)(H4,82,84,88,93,95). The Morgan fingerprint density at radius 1 is 0.555 bits per heavy atom. The highest BCUT2D eigenvalue weighted by atomic mass is 19.1. The van der Waals surface area contributed by atoms with E-state index >= 15 is 0 Å². The van der Waals surface area contributed by atoms with Crippen LogP contribution < -0.4 is 54.1 Å². The number of nitrogens with two attached hydrogens (primary N) is 4. The molecule has 1 aliphatic heterocycles. The van der Waals surface area contributed by atoms with Crippen molar-refractivity contribution in [2.45, 2.75) is 116 Å². The van der Waals surface area contributed by atoms with Gasteiger partial charge < -0.3 is 77.7 Å². The molecular formula is C78H90F2N18O12. The second-order valence-electron chi connectivity index (χ2n) is 26.9. The van der Waals surface area contributed by atoms with Crippen LogP contribution in [0.15, 0.2) is 113 Å². The molecule has 0 fully saturated rings. The fourth-order valence-electron chi connectivity index (χ4n) is 12.7. The number of aryl methyl sites for hydroxylation is 1. The summed E-state index contributed by atoms with van der Waals surface area (Å²) in [6.07, 6.45) is 11.3. The van der Waals surface area contributed by atoms with E-state index in [2.05, 4.69) is 60.7 Å². The summed E-state index contributed by atoms with van der Waals surface area (Å²) in [6.45, 7) is 6.49. The minimum absolute atomic E-state index is 0.00771. The smallest absolute Gasteiger partial charge is 0.326 e. The number of unbranched alkanes of at least 4 members (excludes halogenated alkanes) is 6. The Kier molecular flexibility index (Phi) is 28.3. The number of carbonyl (C=O) groups excluding carboxylic acids is 5. The van der Waals surface area contributed by atoms with Gasteiger partial charge in [-0.3, -0.25) is 28.8 Å². The maximum absolute atomic E-state index is 14.7. The van der Waals surface area contributed by atoms with Crippen molar-refractivity contribution in [3.63, 3.8) is 0 Å². The number of halogens is 2. The number of hydrogen-bond donors (Lipinski definition) is 9. The van der Waals surface area contributed by atoms with Gasteiger partial charge in [0.25, 0.3) is 17.7 Å². The molecule has 0 radical (unpaired) electrons. The zero-order chi connectivity index (χ0) is 78.4. The molecule has 1 unspecified atom stereocenters. The number of carboxylic acids is 1. The highest BCUT2D eigenvalue weighted by Crippen LogP contribution is 2.43. The number of carbonyl (C=O) groups is 6. The molecule has 10 rings (SSSR count). The van der Waals surface area contributed by atoms with Crippen LogP contribution in [0.2, 0.25) is 0 Å². The fraction of sp³-hybridized carbons (Fsp3) is 0.372. The highest BCUT2D eigenvalue weighted by molar-refractivity contribution is 6.04. The molecule has 2 aliphatic rings. The Morgan fingerprint density at radius 3 is 1.66 bits per heavy atom. The minimum atomic E-state index is -1.27. The van der Waals surface area contributed by atoms with Crippen LogP contribution in [-0.2, 0) is 36.9 Å². The zero-order valence-electron chi connectivity index (χ0n) is 61.5. The lowest BCUT2D eigenvalue weighted by Gasteiger charge is -2.22. The Balaban J connectivity index is 0.623. The van der Waals surface area contributed by atoms with E-state index in [-0.39, 0.29) is 119 Å². The van der Waals surface area contributed by atoms with Crippen molar-refractivity contribution < 1.29 is 61.7 Å². The molecule has 1 aliphatic carbocycles. The molecule has 0 saturated heterocycles. The van der Waals surface area contributed by atoms with Gasteiger partial charge in [0.1, 0.15) is 29.0 Å². The first-order chi connectivity index (χ1) is 52.9. The number of nitrogens with one attached hydrogen (secondary N) is 3. The number of aromatic hydroxyl groups is 1. The molecule has 0 bridgehead atoms. The van der Waals surface area contributed by atoms with Gasteiger partial charge in [-0.05, 0) is 142 Å².